The Morgan fingerprint density at radius 2 is 1.50 bits per heavy atom. The predicted molar refractivity (Wildman–Crippen MR) is 145 cm³/mol. The van der Waals surface area contributed by atoms with Crippen molar-refractivity contribution in [2.24, 2.45) is 0 Å². The van der Waals surface area contributed by atoms with Crippen LogP contribution in [0.2, 0.25) is 0 Å². The molecule has 0 bridgehead atoms. The zero-order valence-corrected chi connectivity index (χ0v) is 22.4. The molecule has 3 aromatic rings. The molecule has 0 aliphatic carbocycles. The van der Waals surface area contributed by atoms with Crippen molar-refractivity contribution in [3.63, 3.8) is 0 Å². The van der Waals surface area contributed by atoms with Gasteiger partial charge in [-0.1, -0.05) is 84.8 Å². The Bertz CT molecular complexity index is 1220. The van der Waals surface area contributed by atoms with Crippen molar-refractivity contribution in [1.29, 1.82) is 0 Å². The van der Waals surface area contributed by atoms with Gasteiger partial charge in [-0.25, -0.2) is 0 Å². The number of piperidine rings is 1. The van der Waals surface area contributed by atoms with Gasteiger partial charge in [0.1, 0.15) is 6.10 Å². The molecule has 0 aromatic heterocycles. The first-order chi connectivity index (χ1) is 16.8. The number of Topliss-reactive ketones (excluding diaryl/α,β-unsaturated/α-hetero) is 1. The average molecular weight is 528 g/mol. The molecule has 0 amide bonds. The smallest absolute Gasteiger partial charge is 0.297 e. The minimum absolute atomic E-state index is 0. The summed E-state index contributed by atoms with van der Waals surface area (Å²) >= 11 is 0. The number of hydrogen-bond donors (Lipinski definition) is 0. The van der Waals surface area contributed by atoms with E-state index in [0.717, 1.165) is 36.0 Å². The van der Waals surface area contributed by atoms with Crippen LogP contribution in [-0.2, 0) is 14.3 Å². The Balaban J connectivity index is 0.00000361. The topological polar surface area (TPSA) is 63.7 Å². The third-order valence-electron chi connectivity index (χ3n) is 6.95. The number of ketones is 1. The van der Waals surface area contributed by atoms with Crippen molar-refractivity contribution >= 4 is 28.3 Å². The fourth-order valence-electron chi connectivity index (χ4n) is 4.84. The third-order valence-corrected chi connectivity index (χ3v) is 8.29. The van der Waals surface area contributed by atoms with E-state index in [1.165, 1.54) is 0 Å². The van der Waals surface area contributed by atoms with Gasteiger partial charge in [0, 0.05) is 24.1 Å². The zero-order chi connectivity index (χ0) is 24.8. The first kappa shape index (κ1) is 28.1. The highest BCUT2D eigenvalue weighted by atomic mass is 35.5. The highest BCUT2D eigenvalue weighted by Crippen LogP contribution is 2.34. The molecule has 0 saturated carbocycles. The number of hydrogen-bond acceptors (Lipinski definition) is 5. The molecule has 192 valence electrons. The number of carbonyl (C=O) groups is 1. The average Bonchev–Trinajstić information content (AvgIpc) is 2.87. The number of benzene rings is 3. The summed E-state index contributed by atoms with van der Waals surface area (Å²) in [5.74, 6) is 0.140. The second kappa shape index (κ2) is 12.6. The van der Waals surface area contributed by atoms with E-state index in [2.05, 4.69) is 4.90 Å². The number of nitrogens with zero attached hydrogens (tertiary/aromatic N) is 1. The van der Waals surface area contributed by atoms with Gasteiger partial charge in [-0.15, -0.1) is 12.4 Å². The van der Waals surface area contributed by atoms with Crippen LogP contribution in [0.15, 0.2) is 89.8 Å². The monoisotopic (exact) mass is 527 g/mol. The molecule has 7 heteroatoms. The molecule has 3 aromatic carbocycles. The third kappa shape index (κ3) is 7.04. The van der Waals surface area contributed by atoms with Crippen LogP contribution >= 0.6 is 12.4 Å². The number of likely N-dealkylation sites (tertiary alicyclic amines) is 1. The normalized spacial score (nSPS) is 19.3. The lowest BCUT2D eigenvalue weighted by atomic mass is 9.88. The second-order valence-corrected chi connectivity index (χ2v) is 11.0. The molecular formula is C29H34ClNO4S. The van der Waals surface area contributed by atoms with Crippen LogP contribution in [0.1, 0.15) is 59.7 Å². The zero-order valence-electron chi connectivity index (χ0n) is 20.7. The van der Waals surface area contributed by atoms with Crippen LogP contribution in [0.5, 0.6) is 0 Å². The molecule has 0 N–H and O–H groups in total. The Morgan fingerprint density at radius 3 is 2.14 bits per heavy atom. The summed E-state index contributed by atoms with van der Waals surface area (Å²) in [7, 11) is -1.89. The maximum absolute atomic E-state index is 13.1. The van der Waals surface area contributed by atoms with E-state index >= 15 is 0 Å². The van der Waals surface area contributed by atoms with Crippen LogP contribution in [0.25, 0.3) is 0 Å². The van der Waals surface area contributed by atoms with E-state index in [1.807, 2.05) is 74.6 Å². The van der Waals surface area contributed by atoms with Gasteiger partial charge in [0.25, 0.3) is 10.1 Å². The molecule has 36 heavy (non-hydrogen) atoms. The molecule has 1 aliphatic heterocycles. The molecule has 1 saturated heterocycles. The molecule has 1 aliphatic rings. The molecule has 1 fully saturated rings. The lowest BCUT2D eigenvalue weighted by molar-refractivity contribution is 0.0626. The second-order valence-electron chi connectivity index (χ2n) is 9.40. The summed E-state index contributed by atoms with van der Waals surface area (Å²) in [5, 5.41) is 0. The van der Waals surface area contributed by atoms with E-state index in [4.69, 9.17) is 4.18 Å². The molecule has 5 nitrogen and oxygen atoms in total. The van der Waals surface area contributed by atoms with Crippen LogP contribution in [-0.4, -0.2) is 38.2 Å². The Morgan fingerprint density at radius 1 is 0.917 bits per heavy atom. The van der Waals surface area contributed by atoms with Crippen LogP contribution in [0.4, 0.5) is 0 Å². The maximum atomic E-state index is 13.1. The van der Waals surface area contributed by atoms with E-state index < -0.39 is 16.2 Å². The minimum Gasteiger partial charge on any atom is -0.300 e. The molecule has 0 unspecified atom stereocenters. The molecule has 0 radical (unpaired) electrons. The van der Waals surface area contributed by atoms with Crippen molar-refractivity contribution in [3.05, 3.63) is 102 Å². The summed E-state index contributed by atoms with van der Waals surface area (Å²) in [4.78, 5) is 15.3. The first-order valence-electron chi connectivity index (χ1n) is 12.2. The highest BCUT2D eigenvalue weighted by molar-refractivity contribution is 7.86. The van der Waals surface area contributed by atoms with Gasteiger partial charge in [-0.05, 0) is 50.9 Å². The van der Waals surface area contributed by atoms with Crippen LogP contribution in [0.3, 0.4) is 0 Å². The van der Waals surface area contributed by atoms with E-state index in [9.17, 15) is 13.2 Å². The Kier molecular flexibility index (Phi) is 9.85. The standard InChI is InChI=1S/C29H33NO4S.ClH/c1-22-16-18-27(19-17-22)35(32,33)34-29(24-12-7-4-8-13-24)21-26-15-9-14-25(30(26)2)20-28(31)23-10-5-3-6-11-23;/h3-8,10-13,16-19,25-26,29H,9,14-15,20-21H2,1-2H3;1H/t25-,26+,29+;/m1./s1. The Hall–Kier alpha value is -2.51. The van der Waals surface area contributed by atoms with Gasteiger partial charge in [-0.2, -0.15) is 8.42 Å². The number of halogens is 1. The van der Waals surface area contributed by atoms with Gasteiger partial charge in [0.2, 0.25) is 0 Å². The fourth-order valence-corrected chi connectivity index (χ4v) is 5.92. The number of rotatable bonds is 9. The lowest BCUT2D eigenvalue weighted by Crippen LogP contribution is -2.45. The van der Waals surface area contributed by atoms with Crippen molar-refractivity contribution in [1.82, 2.24) is 4.90 Å². The molecule has 3 atom stereocenters. The van der Waals surface area contributed by atoms with Crippen molar-refractivity contribution in [2.45, 2.75) is 62.1 Å². The number of carbonyl (C=O) groups excluding carboxylic acids is 1. The van der Waals surface area contributed by atoms with Gasteiger partial charge in [-0.3, -0.25) is 13.9 Å². The van der Waals surface area contributed by atoms with E-state index in [0.29, 0.717) is 12.8 Å². The largest absolute Gasteiger partial charge is 0.300 e. The summed E-state index contributed by atoms with van der Waals surface area (Å²) in [6.45, 7) is 1.92. The van der Waals surface area contributed by atoms with Crippen molar-refractivity contribution in [2.75, 3.05) is 7.05 Å². The quantitative estimate of drug-likeness (QED) is 0.238. The van der Waals surface area contributed by atoms with Crippen LogP contribution in [0, 0.1) is 6.92 Å². The SMILES string of the molecule is Cc1ccc(S(=O)(=O)O[C@@H](C[C@@H]2CCC[C@H](CC(=O)c3ccccc3)N2C)c2ccccc2)cc1.Cl. The molecule has 1 heterocycles. The highest BCUT2D eigenvalue weighted by Gasteiger charge is 2.33. The summed E-state index contributed by atoms with van der Waals surface area (Å²) in [5.41, 5.74) is 2.56. The molecule has 0 spiro atoms. The lowest BCUT2D eigenvalue weighted by Gasteiger charge is -2.40. The molecular weight excluding hydrogens is 494 g/mol. The first-order valence-corrected chi connectivity index (χ1v) is 13.6. The summed E-state index contributed by atoms with van der Waals surface area (Å²) < 4.78 is 32.1. The molecule has 4 rings (SSSR count). The number of aryl methyl sites for hydroxylation is 1. The van der Waals surface area contributed by atoms with E-state index in [1.54, 1.807) is 24.3 Å². The predicted octanol–water partition coefficient (Wildman–Crippen LogP) is 6.38. The van der Waals surface area contributed by atoms with Crippen molar-refractivity contribution in [3.8, 4) is 0 Å². The van der Waals surface area contributed by atoms with Gasteiger partial charge < -0.3 is 0 Å². The Labute approximate surface area is 221 Å². The summed E-state index contributed by atoms with van der Waals surface area (Å²) in [6, 6.07) is 25.9. The van der Waals surface area contributed by atoms with Crippen molar-refractivity contribution < 1.29 is 17.4 Å². The maximum Gasteiger partial charge on any atom is 0.297 e. The van der Waals surface area contributed by atoms with Gasteiger partial charge in [0.15, 0.2) is 5.78 Å². The van der Waals surface area contributed by atoms with Crippen LogP contribution < -0.4 is 0 Å². The fraction of sp³-hybridized carbons (Fsp3) is 0.345. The summed E-state index contributed by atoms with van der Waals surface area (Å²) in [6.07, 6.45) is 3.25. The van der Waals surface area contributed by atoms with E-state index in [-0.39, 0.29) is 35.2 Å². The van der Waals surface area contributed by atoms with Gasteiger partial charge in [0.05, 0.1) is 4.90 Å². The minimum atomic E-state index is -3.93. The van der Waals surface area contributed by atoms with Gasteiger partial charge >= 0.3 is 0 Å².